The van der Waals surface area contributed by atoms with Crippen LogP contribution < -0.4 is 5.73 Å². The first-order valence-corrected chi connectivity index (χ1v) is 5.49. The van der Waals surface area contributed by atoms with Crippen molar-refractivity contribution in [3.05, 3.63) is 21.9 Å². The second kappa shape index (κ2) is 3.00. The molecule has 1 fully saturated rings. The summed E-state index contributed by atoms with van der Waals surface area (Å²) in [6.45, 7) is 2.30. The van der Waals surface area contributed by atoms with Gasteiger partial charge in [-0.2, -0.15) is 0 Å². The molecule has 78 valence electrons. The molecule has 0 radical (unpaired) electrons. The molecule has 0 saturated heterocycles. The van der Waals surface area contributed by atoms with E-state index in [1.807, 2.05) is 18.4 Å². The van der Waals surface area contributed by atoms with Gasteiger partial charge in [-0.3, -0.25) is 0 Å². The quantitative estimate of drug-likeness (QED) is 0.809. The third-order valence-corrected chi connectivity index (χ3v) is 4.13. The number of rotatable bonds is 2. The number of nitrogens with two attached hydrogens (primary N) is 1. The lowest BCUT2D eigenvalue weighted by molar-refractivity contribution is -0.122. The van der Waals surface area contributed by atoms with Crippen molar-refractivity contribution in [2.75, 3.05) is 6.54 Å². The zero-order valence-electron chi connectivity index (χ0n) is 8.02. The second-order valence-corrected chi connectivity index (χ2v) is 5.09. The van der Waals surface area contributed by atoms with Gasteiger partial charge in [0.05, 0.1) is 0 Å². The largest absolute Gasteiger partial charge is 0.330 e. The van der Waals surface area contributed by atoms with E-state index in [4.69, 9.17) is 5.73 Å². The van der Waals surface area contributed by atoms with E-state index < -0.39 is 11.3 Å². The van der Waals surface area contributed by atoms with Gasteiger partial charge >= 0.3 is 0 Å². The Morgan fingerprint density at radius 1 is 1.50 bits per heavy atom. The van der Waals surface area contributed by atoms with Crippen LogP contribution in [0.4, 0.5) is 8.78 Å². The highest BCUT2D eigenvalue weighted by atomic mass is 32.1. The summed E-state index contributed by atoms with van der Waals surface area (Å²) in [4.78, 5) is 1.02. The number of hydrogen-bond donors (Lipinski definition) is 1. The van der Waals surface area contributed by atoms with E-state index in [-0.39, 0.29) is 12.8 Å². The van der Waals surface area contributed by atoms with Crippen molar-refractivity contribution >= 4 is 11.3 Å². The highest BCUT2D eigenvalue weighted by Crippen LogP contribution is 2.54. The molecule has 4 heteroatoms. The molecule has 0 aliphatic heterocycles. The molecular weight excluding hydrogens is 204 g/mol. The molecule has 1 aromatic rings. The molecule has 0 bridgehead atoms. The minimum absolute atomic E-state index is 0.0869. The van der Waals surface area contributed by atoms with Crippen LogP contribution in [0.5, 0.6) is 0 Å². The Kier molecular flexibility index (Phi) is 2.16. The topological polar surface area (TPSA) is 26.0 Å². The summed E-state index contributed by atoms with van der Waals surface area (Å²) in [7, 11) is 0. The summed E-state index contributed by atoms with van der Waals surface area (Å²) in [5.41, 5.74) is 6.29. The predicted molar refractivity (Wildman–Crippen MR) is 54.0 cm³/mol. The lowest BCUT2D eigenvalue weighted by Crippen LogP contribution is -2.53. The summed E-state index contributed by atoms with van der Waals surface area (Å²) in [5, 5.41) is 1.99. The van der Waals surface area contributed by atoms with Crippen molar-refractivity contribution in [1.82, 2.24) is 0 Å². The molecule has 1 aromatic heterocycles. The maximum atomic E-state index is 12.9. The van der Waals surface area contributed by atoms with Crippen LogP contribution in [0.3, 0.4) is 0 Å². The Balaban J connectivity index is 2.24. The summed E-state index contributed by atoms with van der Waals surface area (Å²) >= 11 is 1.54. The maximum absolute atomic E-state index is 12.9. The SMILES string of the molecule is Cc1csc(C2(CN)CC(F)(F)C2)c1. The van der Waals surface area contributed by atoms with E-state index in [1.54, 1.807) is 11.3 Å². The van der Waals surface area contributed by atoms with Crippen molar-refractivity contribution < 1.29 is 8.78 Å². The van der Waals surface area contributed by atoms with Gasteiger partial charge in [0.25, 0.3) is 0 Å². The molecule has 2 rings (SSSR count). The Bertz CT molecular complexity index is 338. The van der Waals surface area contributed by atoms with Gasteiger partial charge in [0.2, 0.25) is 5.92 Å². The molecule has 0 amide bonds. The fraction of sp³-hybridized carbons (Fsp3) is 0.600. The average Bonchev–Trinajstić information content (AvgIpc) is 2.47. The van der Waals surface area contributed by atoms with E-state index >= 15 is 0 Å². The molecule has 1 aliphatic carbocycles. The van der Waals surface area contributed by atoms with Crippen molar-refractivity contribution in [1.29, 1.82) is 0 Å². The first-order chi connectivity index (χ1) is 6.47. The van der Waals surface area contributed by atoms with Crippen LogP contribution in [-0.4, -0.2) is 12.5 Å². The highest BCUT2D eigenvalue weighted by Gasteiger charge is 2.57. The van der Waals surface area contributed by atoms with Crippen molar-refractivity contribution in [3.8, 4) is 0 Å². The van der Waals surface area contributed by atoms with E-state index in [2.05, 4.69) is 0 Å². The molecule has 1 aliphatic rings. The molecule has 0 atom stereocenters. The second-order valence-electron chi connectivity index (χ2n) is 4.18. The maximum Gasteiger partial charge on any atom is 0.250 e. The minimum Gasteiger partial charge on any atom is -0.330 e. The Labute approximate surface area is 85.9 Å². The van der Waals surface area contributed by atoms with Crippen LogP contribution in [0.25, 0.3) is 0 Å². The van der Waals surface area contributed by atoms with E-state index in [1.165, 1.54) is 0 Å². The van der Waals surface area contributed by atoms with Crippen LogP contribution in [-0.2, 0) is 5.41 Å². The lowest BCUT2D eigenvalue weighted by Gasteiger charge is -2.46. The van der Waals surface area contributed by atoms with E-state index in [0.29, 0.717) is 6.54 Å². The molecular formula is C10H13F2NS. The van der Waals surface area contributed by atoms with Gasteiger partial charge in [0, 0.05) is 29.7 Å². The number of aryl methyl sites for hydroxylation is 1. The Hall–Kier alpha value is -0.480. The van der Waals surface area contributed by atoms with Crippen molar-refractivity contribution in [3.63, 3.8) is 0 Å². The third-order valence-electron chi connectivity index (χ3n) is 2.84. The van der Waals surface area contributed by atoms with Crippen LogP contribution in [0.15, 0.2) is 11.4 Å². The van der Waals surface area contributed by atoms with E-state index in [9.17, 15) is 8.78 Å². The minimum atomic E-state index is -2.50. The first kappa shape index (κ1) is 10.1. The Morgan fingerprint density at radius 3 is 2.50 bits per heavy atom. The third kappa shape index (κ3) is 1.46. The highest BCUT2D eigenvalue weighted by molar-refractivity contribution is 7.10. The van der Waals surface area contributed by atoms with Gasteiger partial charge in [-0.1, -0.05) is 0 Å². The molecule has 0 unspecified atom stereocenters. The molecule has 14 heavy (non-hydrogen) atoms. The molecule has 1 nitrogen and oxygen atoms in total. The van der Waals surface area contributed by atoms with E-state index in [0.717, 1.165) is 10.4 Å². The predicted octanol–water partition coefficient (Wildman–Crippen LogP) is 2.68. The van der Waals surface area contributed by atoms with Crippen LogP contribution >= 0.6 is 11.3 Å². The summed E-state index contributed by atoms with van der Waals surface area (Å²) in [6.07, 6.45) is -0.174. The summed E-state index contributed by atoms with van der Waals surface area (Å²) in [5.74, 6) is -2.50. The zero-order chi connectivity index (χ0) is 10.4. The van der Waals surface area contributed by atoms with Crippen molar-refractivity contribution in [2.24, 2.45) is 5.73 Å². The van der Waals surface area contributed by atoms with Crippen molar-refractivity contribution in [2.45, 2.75) is 31.1 Å². The molecule has 2 N–H and O–H groups in total. The standard InChI is InChI=1S/C10H13F2NS/c1-7-2-8(14-3-7)9(6-13)4-10(11,12)5-9/h2-3H,4-6,13H2,1H3. The number of hydrogen-bond acceptors (Lipinski definition) is 2. The summed E-state index contributed by atoms with van der Waals surface area (Å²) < 4.78 is 25.7. The number of halogens is 2. The fourth-order valence-corrected chi connectivity index (χ4v) is 3.18. The number of thiophene rings is 1. The van der Waals surface area contributed by atoms with Gasteiger partial charge < -0.3 is 5.73 Å². The number of alkyl halides is 2. The van der Waals surface area contributed by atoms with Gasteiger partial charge in [-0.15, -0.1) is 11.3 Å². The smallest absolute Gasteiger partial charge is 0.250 e. The summed E-state index contributed by atoms with van der Waals surface area (Å²) in [6, 6.07) is 1.98. The van der Waals surface area contributed by atoms with Gasteiger partial charge in [-0.05, 0) is 23.9 Å². The zero-order valence-corrected chi connectivity index (χ0v) is 8.83. The molecule has 1 heterocycles. The lowest BCUT2D eigenvalue weighted by atomic mass is 9.65. The fourth-order valence-electron chi connectivity index (χ4n) is 2.07. The van der Waals surface area contributed by atoms with Crippen LogP contribution in [0.1, 0.15) is 23.3 Å². The Morgan fingerprint density at radius 2 is 2.14 bits per heavy atom. The first-order valence-electron chi connectivity index (χ1n) is 4.61. The van der Waals surface area contributed by atoms with Crippen LogP contribution in [0.2, 0.25) is 0 Å². The van der Waals surface area contributed by atoms with Gasteiger partial charge in [0.15, 0.2) is 0 Å². The molecule has 0 aromatic carbocycles. The molecule has 0 spiro atoms. The molecule has 1 saturated carbocycles. The van der Waals surface area contributed by atoms with Gasteiger partial charge in [-0.25, -0.2) is 8.78 Å². The monoisotopic (exact) mass is 217 g/mol. The normalized spacial score (nSPS) is 23.1. The average molecular weight is 217 g/mol. The van der Waals surface area contributed by atoms with Gasteiger partial charge in [0.1, 0.15) is 0 Å². The van der Waals surface area contributed by atoms with Crippen LogP contribution in [0, 0.1) is 6.92 Å².